The highest BCUT2D eigenvalue weighted by Crippen LogP contribution is 2.36. The Morgan fingerprint density at radius 3 is 2.03 bits per heavy atom. The summed E-state index contributed by atoms with van der Waals surface area (Å²) < 4.78 is 63.3. The van der Waals surface area contributed by atoms with Crippen molar-refractivity contribution in [1.82, 2.24) is 9.62 Å². The number of alkyl halides is 3. The van der Waals surface area contributed by atoms with Crippen LogP contribution in [0.5, 0.6) is 0 Å². The summed E-state index contributed by atoms with van der Waals surface area (Å²) in [7, 11) is -3.55. The highest BCUT2D eigenvalue weighted by molar-refractivity contribution is 8.00. The van der Waals surface area contributed by atoms with Crippen LogP contribution in [0.3, 0.4) is 0 Å². The number of rotatable bonds is 8. The molecule has 0 radical (unpaired) electrons. The van der Waals surface area contributed by atoms with Crippen LogP contribution >= 0.6 is 11.8 Å². The fourth-order valence-corrected chi connectivity index (χ4v) is 4.58. The van der Waals surface area contributed by atoms with Crippen LogP contribution in [0.15, 0.2) is 58.3 Å². The average Bonchev–Trinajstić information content (AvgIpc) is 2.66. The number of carbonyl (C=O) groups excluding carboxylic acids is 1. The second-order valence-electron chi connectivity index (χ2n) is 5.99. The van der Waals surface area contributed by atoms with Gasteiger partial charge >= 0.3 is 5.51 Å². The molecule has 0 aliphatic rings. The van der Waals surface area contributed by atoms with Crippen LogP contribution in [-0.4, -0.2) is 37.2 Å². The van der Waals surface area contributed by atoms with Gasteiger partial charge in [0.25, 0.3) is 5.91 Å². The van der Waals surface area contributed by atoms with Crippen molar-refractivity contribution >= 4 is 27.7 Å². The Kier molecular flexibility index (Phi) is 7.73. The van der Waals surface area contributed by atoms with Crippen molar-refractivity contribution in [2.75, 3.05) is 13.1 Å². The molecule has 2 aromatic carbocycles. The van der Waals surface area contributed by atoms with Crippen LogP contribution in [0, 0.1) is 0 Å². The van der Waals surface area contributed by atoms with E-state index in [0.29, 0.717) is 18.7 Å². The molecule has 29 heavy (non-hydrogen) atoms. The van der Waals surface area contributed by atoms with Crippen LogP contribution in [0.2, 0.25) is 0 Å². The molecule has 0 aliphatic carbocycles. The van der Waals surface area contributed by atoms with Gasteiger partial charge in [-0.2, -0.15) is 17.5 Å². The number of hydrogen-bond acceptors (Lipinski definition) is 4. The Bertz CT molecular complexity index is 925. The third-order valence-electron chi connectivity index (χ3n) is 4.07. The van der Waals surface area contributed by atoms with E-state index in [1.165, 1.54) is 40.7 Å². The molecule has 0 atom stereocenters. The Balaban J connectivity index is 1.98. The molecule has 0 fully saturated rings. The summed E-state index contributed by atoms with van der Waals surface area (Å²) in [5.74, 6) is -0.437. The first kappa shape index (κ1) is 23.2. The third-order valence-corrected chi connectivity index (χ3v) is 6.87. The Morgan fingerprint density at radius 1 is 1.00 bits per heavy atom. The SMILES string of the molecule is CCN(CC)S(=O)(=O)c1ccc(CNC(=O)c2ccc(SC(F)(F)F)cc2)cc1. The fraction of sp³-hybridized carbons (Fsp3) is 0.316. The zero-order valence-corrected chi connectivity index (χ0v) is 17.5. The maximum Gasteiger partial charge on any atom is 0.446 e. The van der Waals surface area contributed by atoms with Crippen LogP contribution in [-0.2, 0) is 16.6 Å². The molecular formula is C19H21F3N2O3S2. The molecule has 0 saturated heterocycles. The molecular weight excluding hydrogens is 425 g/mol. The molecule has 0 saturated carbocycles. The molecule has 1 amide bonds. The van der Waals surface area contributed by atoms with Gasteiger partial charge in [0.05, 0.1) is 4.90 Å². The van der Waals surface area contributed by atoms with Gasteiger partial charge in [0.15, 0.2) is 0 Å². The van der Waals surface area contributed by atoms with E-state index in [0.717, 1.165) is 0 Å². The van der Waals surface area contributed by atoms with E-state index >= 15 is 0 Å². The number of nitrogens with zero attached hydrogens (tertiary/aromatic N) is 1. The van der Waals surface area contributed by atoms with E-state index in [9.17, 15) is 26.4 Å². The number of nitrogens with one attached hydrogen (secondary N) is 1. The molecule has 0 heterocycles. The van der Waals surface area contributed by atoms with Gasteiger partial charge in [-0.1, -0.05) is 26.0 Å². The highest BCUT2D eigenvalue weighted by atomic mass is 32.2. The van der Waals surface area contributed by atoms with Crippen molar-refractivity contribution in [2.24, 2.45) is 0 Å². The van der Waals surface area contributed by atoms with Crippen molar-refractivity contribution in [3.05, 3.63) is 59.7 Å². The summed E-state index contributed by atoms with van der Waals surface area (Å²) in [4.78, 5) is 12.3. The molecule has 0 spiro atoms. The van der Waals surface area contributed by atoms with Crippen molar-refractivity contribution in [1.29, 1.82) is 0 Å². The lowest BCUT2D eigenvalue weighted by atomic mass is 10.2. The minimum absolute atomic E-state index is 0.000879. The lowest BCUT2D eigenvalue weighted by molar-refractivity contribution is -0.0328. The van der Waals surface area contributed by atoms with Gasteiger partial charge < -0.3 is 5.32 Å². The molecule has 5 nitrogen and oxygen atoms in total. The molecule has 2 rings (SSSR count). The van der Waals surface area contributed by atoms with E-state index in [4.69, 9.17) is 0 Å². The monoisotopic (exact) mass is 446 g/mol. The summed E-state index contributed by atoms with van der Waals surface area (Å²) in [6.07, 6.45) is 0. The quantitative estimate of drug-likeness (QED) is 0.616. The first-order valence-corrected chi connectivity index (χ1v) is 11.1. The fourth-order valence-electron chi connectivity index (χ4n) is 2.58. The third kappa shape index (κ3) is 6.48. The second kappa shape index (κ2) is 9.64. The number of hydrogen-bond donors (Lipinski definition) is 1. The van der Waals surface area contributed by atoms with Crippen molar-refractivity contribution in [3.63, 3.8) is 0 Å². The highest BCUT2D eigenvalue weighted by Gasteiger charge is 2.29. The molecule has 0 aliphatic heterocycles. The molecule has 10 heteroatoms. The normalized spacial score (nSPS) is 12.2. The van der Waals surface area contributed by atoms with Gasteiger partial charge in [-0.05, 0) is 53.7 Å². The minimum Gasteiger partial charge on any atom is -0.348 e. The molecule has 0 bridgehead atoms. The van der Waals surface area contributed by atoms with Gasteiger partial charge in [-0.25, -0.2) is 8.42 Å². The van der Waals surface area contributed by atoms with Crippen molar-refractivity contribution < 1.29 is 26.4 Å². The molecule has 0 unspecified atom stereocenters. The maximum atomic E-state index is 12.5. The molecule has 158 valence electrons. The first-order valence-electron chi connectivity index (χ1n) is 8.80. The number of thioether (sulfide) groups is 1. The Hall–Kier alpha value is -2.04. The smallest absolute Gasteiger partial charge is 0.348 e. The van der Waals surface area contributed by atoms with Crippen LogP contribution in [0.1, 0.15) is 29.8 Å². The summed E-state index contributed by atoms with van der Waals surface area (Å²) in [6.45, 7) is 4.43. The van der Waals surface area contributed by atoms with Crippen LogP contribution in [0.4, 0.5) is 13.2 Å². The lowest BCUT2D eigenvalue weighted by Gasteiger charge is -2.18. The number of amides is 1. The van der Waals surface area contributed by atoms with Gasteiger partial charge in [-0.3, -0.25) is 4.79 Å². The predicted molar refractivity (Wildman–Crippen MR) is 106 cm³/mol. The topological polar surface area (TPSA) is 66.5 Å². The van der Waals surface area contributed by atoms with E-state index in [1.54, 1.807) is 26.0 Å². The number of benzene rings is 2. The minimum atomic E-state index is -4.38. The first-order chi connectivity index (χ1) is 13.6. The van der Waals surface area contributed by atoms with Crippen LogP contribution < -0.4 is 5.32 Å². The zero-order valence-electron chi connectivity index (χ0n) is 15.9. The van der Waals surface area contributed by atoms with Crippen LogP contribution in [0.25, 0.3) is 0 Å². The number of carbonyl (C=O) groups is 1. The Labute approximate surface area is 172 Å². The standard InChI is InChI=1S/C19H21F3N2O3S2/c1-3-24(4-2)29(26,27)17-11-5-14(6-12-17)13-23-18(25)15-7-9-16(10-8-15)28-19(20,21)22/h5-12H,3-4,13H2,1-2H3,(H,23,25). The lowest BCUT2D eigenvalue weighted by Crippen LogP contribution is -2.30. The summed E-state index contributed by atoms with van der Waals surface area (Å²) in [5, 5.41) is 2.66. The van der Waals surface area contributed by atoms with Crippen molar-refractivity contribution in [3.8, 4) is 0 Å². The molecule has 2 aromatic rings. The molecule has 0 aromatic heterocycles. The average molecular weight is 447 g/mol. The van der Waals surface area contributed by atoms with E-state index < -0.39 is 21.4 Å². The predicted octanol–water partition coefficient (Wildman–Crippen LogP) is 4.26. The van der Waals surface area contributed by atoms with Crippen molar-refractivity contribution in [2.45, 2.75) is 35.7 Å². The Morgan fingerprint density at radius 2 is 1.55 bits per heavy atom. The maximum absolute atomic E-state index is 12.5. The zero-order chi connectivity index (χ0) is 21.7. The van der Waals surface area contributed by atoms with E-state index in [2.05, 4.69) is 5.32 Å². The summed E-state index contributed by atoms with van der Waals surface area (Å²) in [5.41, 5.74) is -3.45. The number of halogens is 3. The second-order valence-corrected chi connectivity index (χ2v) is 9.06. The summed E-state index contributed by atoms with van der Waals surface area (Å²) >= 11 is -0.244. The van der Waals surface area contributed by atoms with E-state index in [1.807, 2.05) is 0 Å². The largest absolute Gasteiger partial charge is 0.446 e. The van der Waals surface area contributed by atoms with Gasteiger partial charge in [0.2, 0.25) is 10.0 Å². The number of sulfonamides is 1. The van der Waals surface area contributed by atoms with E-state index in [-0.39, 0.29) is 33.7 Å². The van der Waals surface area contributed by atoms with Gasteiger partial charge in [-0.15, -0.1) is 0 Å². The summed E-state index contributed by atoms with van der Waals surface area (Å²) in [6, 6.07) is 11.3. The van der Waals surface area contributed by atoms with Gasteiger partial charge in [0.1, 0.15) is 0 Å². The van der Waals surface area contributed by atoms with Gasteiger partial charge in [0, 0.05) is 30.1 Å². The molecule has 1 N–H and O–H groups in total.